The van der Waals surface area contributed by atoms with Crippen LogP contribution >= 0.6 is 11.8 Å². The maximum absolute atomic E-state index is 6.26. The average molecular weight is 352 g/mol. The van der Waals surface area contributed by atoms with Crippen molar-refractivity contribution in [3.8, 4) is 11.5 Å². The fourth-order valence-electron chi connectivity index (χ4n) is 2.84. The molecule has 0 aromatic heterocycles. The van der Waals surface area contributed by atoms with E-state index in [1.54, 1.807) is 14.2 Å². The maximum Gasteiger partial charge on any atom is 0.191 e. The Kier molecular flexibility index (Phi) is 8.08. The van der Waals surface area contributed by atoms with Gasteiger partial charge in [0.15, 0.2) is 17.5 Å². The van der Waals surface area contributed by atoms with Crippen LogP contribution in [0.1, 0.15) is 31.2 Å². The topological polar surface area (TPSA) is 54.9 Å². The van der Waals surface area contributed by atoms with Crippen LogP contribution in [-0.4, -0.2) is 44.8 Å². The van der Waals surface area contributed by atoms with Gasteiger partial charge >= 0.3 is 0 Å². The Bertz CT molecular complexity index is 531. The van der Waals surface area contributed by atoms with E-state index in [4.69, 9.17) is 9.47 Å². The Labute approximate surface area is 149 Å². The van der Waals surface area contributed by atoms with E-state index in [9.17, 15) is 0 Å². The standard InChI is InChI=1S/C18H29N3O2S/c1-19-18(20-11-12-24-3)21-13-14-7-6-10-16(22-2)17(14)23-15-8-4-5-9-15/h6-7,10,15H,4-5,8-9,11-13H2,1-3H3,(H2,19,20,21). The molecule has 1 aliphatic carbocycles. The van der Waals surface area contributed by atoms with Gasteiger partial charge in [0.2, 0.25) is 0 Å². The van der Waals surface area contributed by atoms with E-state index >= 15 is 0 Å². The van der Waals surface area contributed by atoms with E-state index in [1.807, 2.05) is 23.9 Å². The van der Waals surface area contributed by atoms with Crippen molar-refractivity contribution in [2.24, 2.45) is 4.99 Å². The minimum absolute atomic E-state index is 0.305. The highest BCUT2D eigenvalue weighted by Crippen LogP contribution is 2.34. The lowest BCUT2D eigenvalue weighted by Gasteiger charge is -2.20. The number of nitrogens with one attached hydrogen (secondary N) is 2. The fourth-order valence-corrected chi connectivity index (χ4v) is 3.15. The summed E-state index contributed by atoms with van der Waals surface area (Å²) >= 11 is 1.81. The third-order valence-corrected chi connectivity index (χ3v) is 4.75. The van der Waals surface area contributed by atoms with Gasteiger partial charge in [-0.2, -0.15) is 11.8 Å². The summed E-state index contributed by atoms with van der Waals surface area (Å²) in [6, 6.07) is 6.04. The zero-order valence-electron chi connectivity index (χ0n) is 14.9. The average Bonchev–Trinajstić information content (AvgIpc) is 3.12. The number of hydrogen-bond acceptors (Lipinski definition) is 4. The Morgan fingerprint density at radius 2 is 2.08 bits per heavy atom. The molecule has 0 heterocycles. The molecule has 5 nitrogen and oxygen atoms in total. The Morgan fingerprint density at radius 1 is 1.29 bits per heavy atom. The highest BCUT2D eigenvalue weighted by Gasteiger charge is 2.20. The highest BCUT2D eigenvalue weighted by molar-refractivity contribution is 7.98. The molecule has 1 aliphatic rings. The van der Waals surface area contributed by atoms with Gasteiger partial charge in [-0.15, -0.1) is 0 Å². The van der Waals surface area contributed by atoms with Crippen LogP contribution in [0, 0.1) is 0 Å². The number of methoxy groups -OCH3 is 1. The molecule has 0 unspecified atom stereocenters. The van der Waals surface area contributed by atoms with Crippen LogP contribution in [0.3, 0.4) is 0 Å². The quantitative estimate of drug-likeness (QED) is 0.428. The molecule has 0 spiro atoms. The lowest BCUT2D eigenvalue weighted by molar-refractivity contribution is 0.198. The molecule has 24 heavy (non-hydrogen) atoms. The summed E-state index contributed by atoms with van der Waals surface area (Å²) in [6.07, 6.45) is 7.16. The summed E-state index contributed by atoms with van der Waals surface area (Å²) in [7, 11) is 3.48. The van der Waals surface area contributed by atoms with Crippen LogP contribution in [0.4, 0.5) is 0 Å². The highest BCUT2D eigenvalue weighted by atomic mass is 32.2. The monoisotopic (exact) mass is 351 g/mol. The zero-order chi connectivity index (χ0) is 17.2. The SMILES string of the molecule is CN=C(NCCSC)NCc1cccc(OC)c1OC1CCCC1. The number of aliphatic imine (C=N–C) groups is 1. The zero-order valence-corrected chi connectivity index (χ0v) is 15.7. The number of nitrogens with zero attached hydrogens (tertiary/aromatic N) is 1. The van der Waals surface area contributed by atoms with Gasteiger partial charge in [-0.1, -0.05) is 12.1 Å². The van der Waals surface area contributed by atoms with Gasteiger partial charge in [-0.05, 0) is 38.0 Å². The van der Waals surface area contributed by atoms with E-state index in [1.165, 1.54) is 12.8 Å². The Morgan fingerprint density at radius 3 is 2.75 bits per heavy atom. The van der Waals surface area contributed by atoms with Crippen molar-refractivity contribution in [2.75, 3.05) is 32.7 Å². The maximum atomic E-state index is 6.26. The molecule has 0 saturated heterocycles. The van der Waals surface area contributed by atoms with Gasteiger partial charge in [0.05, 0.1) is 13.2 Å². The molecule has 1 saturated carbocycles. The van der Waals surface area contributed by atoms with Crippen molar-refractivity contribution >= 4 is 17.7 Å². The van der Waals surface area contributed by atoms with Crippen molar-refractivity contribution in [2.45, 2.75) is 38.3 Å². The first-order valence-corrected chi connectivity index (χ1v) is 9.93. The van der Waals surface area contributed by atoms with Gasteiger partial charge in [0.25, 0.3) is 0 Å². The molecular weight excluding hydrogens is 322 g/mol. The molecule has 1 aromatic rings. The number of thioether (sulfide) groups is 1. The van der Waals surface area contributed by atoms with Crippen molar-refractivity contribution in [1.29, 1.82) is 0 Å². The minimum Gasteiger partial charge on any atom is -0.493 e. The van der Waals surface area contributed by atoms with Crippen molar-refractivity contribution in [3.63, 3.8) is 0 Å². The summed E-state index contributed by atoms with van der Waals surface area (Å²) in [5.74, 6) is 3.51. The Hall–Kier alpha value is -1.56. The summed E-state index contributed by atoms with van der Waals surface area (Å²) in [5.41, 5.74) is 1.09. The lowest BCUT2D eigenvalue weighted by Crippen LogP contribution is -2.38. The molecule has 1 fully saturated rings. The van der Waals surface area contributed by atoms with Gasteiger partial charge in [-0.25, -0.2) is 0 Å². The third kappa shape index (κ3) is 5.51. The molecule has 0 bridgehead atoms. The largest absolute Gasteiger partial charge is 0.493 e. The van der Waals surface area contributed by atoms with E-state index in [-0.39, 0.29) is 0 Å². The van der Waals surface area contributed by atoms with Crippen LogP contribution in [0.2, 0.25) is 0 Å². The van der Waals surface area contributed by atoms with Gasteiger partial charge in [0, 0.05) is 31.5 Å². The normalized spacial score (nSPS) is 15.4. The molecule has 0 radical (unpaired) electrons. The van der Waals surface area contributed by atoms with Crippen molar-refractivity contribution < 1.29 is 9.47 Å². The van der Waals surface area contributed by atoms with Gasteiger partial charge in [0.1, 0.15) is 0 Å². The molecular formula is C18H29N3O2S. The molecule has 0 amide bonds. The summed E-state index contributed by atoms with van der Waals surface area (Å²) in [5, 5.41) is 6.66. The van der Waals surface area contributed by atoms with Crippen molar-refractivity contribution in [1.82, 2.24) is 10.6 Å². The molecule has 6 heteroatoms. The molecule has 0 atom stereocenters. The predicted molar refractivity (Wildman–Crippen MR) is 102 cm³/mol. The van der Waals surface area contributed by atoms with Gasteiger partial charge < -0.3 is 20.1 Å². The van der Waals surface area contributed by atoms with Crippen LogP contribution in [0.25, 0.3) is 0 Å². The van der Waals surface area contributed by atoms with Gasteiger partial charge in [-0.3, -0.25) is 4.99 Å². The summed E-state index contributed by atoms with van der Waals surface area (Å²) in [4.78, 5) is 4.26. The second-order valence-electron chi connectivity index (χ2n) is 5.82. The number of ether oxygens (including phenoxy) is 2. The molecule has 0 aliphatic heterocycles. The van der Waals surface area contributed by atoms with Crippen LogP contribution < -0.4 is 20.1 Å². The predicted octanol–water partition coefficient (Wildman–Crippen LogP) is 3.04. The van der Waals surface area contributed by atoms with Crippen LogP contribution in [-0.2, 0) is 6.54 Å². The van der Waals surface area contributed by atoms with E-state index in [0.29, 0.717) is 12.6 Å². The minimum atomic E-state index is 0.305. The summed E-state index contributed by atoms with van der Waals surface area (Å²) in [6.45, 7) is 1.54. The smallest absolute Gasteiger partial charge is 0.191 e. The number of benzene rings is 1. The number of rotatable bonds is 8. The first kappa shape index (κ1) is 18.8. The number of hydrogen-bond donors (Lipinski definition) is 2. The second kappa shape index (κ2) is 10.3. The molecule has 2 N–H and O–H groups in total. The third-order valence-electron chi connectivity index (χ3n) is 4.14. The first-order chi connectivity index (χ1) is 11.8. The molecule has 1 aromatic carbocycles. The number of para-hydroxylation sites is 1. The first-order valence-electron chi connectivity index (χ1n) is 8.54. The van der Waals surface area contributed by atoms with Crippen molar-refractivity contribution in [3.05, 3.63) is 23.8 Å². The van der Waals surface area contributed by atoms with Crippen LogP contribution in [0.5, 0.6) is 11.5 Å². The molecule has 2 rings (SSSR count). The van der Waals surface area contributed by atoms with E-state index in [0.717, 1.165) is 48.2 Å². The lowest BCUT2D eigenvalue weighted by atomic mass is 10.1. The van der Waals surface area contributed by atoms with E-state index in [2.05, 4.69) is 27.9 Å². The number of guanidine groups is 1. The van der Waals surface area contributed by atoms with E-state index < -0.39 is 0 Å². The Balaban J connectivity index is 2.02. The van der Waals surface area contributed by atoms with Crippen LogP contribution in [0.15, 0.2) is 23.2 Å². The molecule has 134 valence electrons. The second-order valence-corrected chi connectivity index (χ2v) is 6.80. The summed E-state index contributed by atoms with van der Waals surface area (Å²) < 4.78 is 11.8. The fraction of sp³-hybridized carbons (Fsp3) is 0.611.